The van der Waals surface area contributed by atoms with Crippen LogP contribution in [0.4, 0.5) is 0 Å². The van der Waals surface area contributed by atoms with Gasteiger partial charge in [-0.3, -0.25) is 0 Å². The van der Waals surface area contributed by atoms with Gasteiger partial charge in [-0.25, -0.2) is 0 Å². The van der Waals surface area contributed by atoms with Gasteiger partial charge in [-0.2, -0.15) is 0 Å². The average Bonchev–Trinajstić information content (AvgIpc) is 0.722. The van der Waals surface area contributed by atoms with E-state index < -0.39 is 15.0 Å². The Balaban J connectivity index is -0.0000000133. The molecule has 0 aliphatic carbocycles. The second-order valence-electron chi connectivity index (χ2n) is 0.447. The van der Waals surface area contributed by atoms with Crippen molar-refractivity contribution < 1.29 is 119 Å². The summed E-state index contributed by atoms with van der Waals surface area (Å²) >= 11 is -5.88. The summed E-state index contributed by atoms with van der Waals surface area (Å²) in [5, 5.41) is 0. The summed E-state index contributed by atoms with van der Waals surface area (Å²) in [5.74, 6) is 0. The topological polar surface area (TPSA) is 86.2 Å². The Bertz CT molecular complexity index is 61.9. The van der Waals surface area contributed by atoms with E-state index in [9.17, 15) is 0 Å². The zero-order valence-corrected chi connectivity index (χ0v) is 12.5. The summed E-state index contributed by atoms with van der Waals surface area (Å²) in [6.45, 7) is 0. The third-order valence-corrected chi connectivity index (χ3v) is 0. The van der Waals surface area contributed by atoms with Crippen LogP contribution >= 0.6 is 0 Å². The first-order valence-electron chi connectivity index (χ1n) is 0.730. The van der Waals surface area contributed by atoms with E-state index in [1.54, 1.807) is 0 Å². The zero-order chi connectivity index (χ0) is 4.50. The standard InChI is InChI=1S/CH4.3Na.4O.V/h1H4;;;;;;;;/q;3*+1;;3*-1;. The molecule has 0 bridgehead atoms. The van der Waals surface area contributed by atoms with Crippen LogP contribution in [0.15, 0.2) is 0 Å². The molecule has 0 fully saturated rings. The second-order valence-corrected chi connectivity index (χ2v) is 1.84. The fourth-order valence-corrected chi connectivity index (χ4v) is 0. The van der Waals surface area contributed by atoms with Crippen LogP contribution < -0.4 is 101 Å². The molecule has 0 aromatic heterocycles. The first-order chi connectivity index (χ1) is 2.00. The van der Waals surface area contributed by atoms with Crippen molar-refractivity contribution in [2.75, 3.05) is 0 Å². The van der Waals surface area contributed by atoms with Crippen LogP contribution in [-0.4, -0.2) is 0 Å². The SMILES string of the molecule is C.[Na+].[Na+].[Na+].[O]=[V]([O-])([O-])[O-]. The maximum atomic E-state index is 8.61. The summed E-state index contributed by atoms with van der Waals surface area (Å²) in [6, 6.07) is 0. The Hall–Kier alpha value is 3.26. The van der Waals surface area contributed by atoms with E-state index in [4.69, 9.17) is 15.8 Å². The minimum atomic E-state index is -5.88. The number of hydrogen-bond donors (Lipinski definition) is 0. The van der Waals surface area contributed by atoms with Gasteiger partial charge in [0.25, 0.3) is 0 Å². The predicted molar refractivity (Wildman–Crippen MR) is 7.42 cm³/mol. The molecule has 0 spiro atoms. The molecule has 0 radical (unpaired) electrons. The van der Waals surface area contributed by atoms with Gasteiger partial charge in [0.15, 0.2) is 0 Å². The molecule has 4 nitrogen and oxygen atoms in total. The summed E-state index contributed by atoms with van der Waals surface area (Å²) in [6.07, 6.45) is 0. The van der Waals surface area contributed by atoms with Gasteiger partial charge in [0.05, 0.1) is 0 Å². The molecule has 0 unspecified atom stereocenters. The van der Waals surface area contributed by atoms with Crippen molar-refractivity contribution in [2.24, 2.45) is 0 Å². The molecule has 8 heteroatoms. The van der Waals surface area contributed by atoms with Gasteiger partial charge in [-0.05, 0) is 0 Å². The molecule has 0 aromatic rings. The van der Waals surface area contributed by atoms with E-state index in [-0.39, 0.29) is 96.1 Å². The summed E-state index contributed by atoms with van der Waals surface area (Å²) in [4.78, 5) is 0. The van der Waals surface area contributed by atoms with Crippen LogP contribution in [0.1, 0.15) is 7.43 Å². The maximum absolute atomic E-state index is 8.61. The Morgan fingerprint density at radius 2 is 0.889 bits per heavy atom. The van der Waals surface area contributed by atoms with Crippen molar-refractivity contribution in [3.63, 3.8) is 0 Å². The van der Waals surface area contributed by atoms with Gasteiger partial charge in [0, 0.05) is 0 Å². The van der Waals surface area contributed by atoms with Crippen LogP contribution in [0.25, 0.3) is 0 Å². The van der Waals surface area contributed by atoms with Crippen LogP contribution in [0.5, 0.6) is 0 Å². The third kappa shape index (κ3) is 90.7. The fraction of sp³-hybridized carbons (Fsp3) is 1.00. The normalized spacial score (nSPS) is 6.56. The van der Waals surface area contributed by atoms with E-state index in [1.165, 1.54) is 0 Å². The molecule has 40 valence electrons. The molecule has 0 saturated heterocycles. The van der Waals surface area contributed by atoms with Crippen LogP contribution in [0, 0.1) is 0 Å². The number of rotatable bonds is 0. The monoisotopic (exact) mass is 200 g/mol. The molecule has 0 aliphatic rings. The molecular weight excluding hydrogens is 196 g/mol. The van der Waals surface area contributed by atoms with E-state index in [0.29, 0.717) is 0 Å². The van der Waals surface area contributed by atoms with Crippen molar-refractivity contribution in [1.82, 2.24) is 0 Å². The van der Waals surface area contributed by atoms with E-state index in [1.807, 2.05) is 0 Å². The molecular formula is CH4Na3O4V. The molecule has 0 N–H and O–H groups in total. The summed E-state index contributed by atoms with van der Waals surface area (Å²) in [7, 11) is 0. The fourth-order valence-electron chi connectivity index (χ4n) is 0. The molecule has 0 heterocycles. The zero-order valence-electron chi connectivity index (χ0n) is 5.08. The van der Waals surface area contributed by atoms with Crippen LogP contribution in [-0.2, 0) is 18.7 Å². The third-order valence-electron chi connectivity index (χ3n) is 0. The molecule has 9 heavy (non-hydrogen) atoms. The van der Waals surface area contributed by atoms with Crippen molar-refractivity contribution in [3.05, 3.63) is 0 Å². The molecule has 0 aliphatic heterocycles. The summed E-state index contributed by atoms with van der Waals surface area (Å²) in [5.41, 5.74) is 0. The van der Waals surface area contributed by atoms with Crippen LogP contribution in [0.3, 0.4) is 0 Å². The van der Waals surface area contributed by atoms with Crippen molar-refractivity contribution >= 4 is 0 Å². The van der Waals surface area contributed by atoms with Gasteiger partial charge in [0.1, 0.15) is 0 Å². The van der Waals surface area contributed by atoms with Gasteiger partial charge in [0.2, 0.25) is 0 Å². The molecule has 0 saturated carbocycles. The second kappa shape index (κ2) is 13.8. The Morgan fingerprint density at radius 3 is 0.889 bits per heavy atom. The molecule has 0 amide bonds. The first-order valence-corrected chi connectivity index (χ1v) is 3.01. The van der Waals surface area contributed by atoms with E-state index >= 15 is 0 Å². The first kappa shape index (κ1) is 29.5. The molecule has 0 rings (SSSR count). The quantitative estimate of drug-likeness (QED) is 0.363. The van der Waals surface area contributed by atoms with Crippen molar-refractivity contribution in [3.8, 4) is 0 Å². The van der Waals surface area contributed by atoms with Gasteiger partial charge in [-0.1, -0.05) is 7.43 Å². The number of hydrogen-bond acceptors (Lipinski definition) is 4. The average molecular weight is 200 g/mol. The summed E-state index contributed by atoms with van der Waals surface area (Å²) < 4.78 is 34.4. The van der Waals surface area contributed by atoms with Crippen molar-refractivity contribution in [1.29, 1.82) is 0 Å². The van der Waals surface area contributed by atoms with Gasteiger partial charge >= 0.3 is 119 Å². The minimum absolute atomic E-state index is 0. The van der Waals surface area contributed by atoms with E-state index in [2.05, 4.69) is 0 Å². The molecule has 0 aromatic carbocycles. The Kier molecular flexibility index (Phi) is 45.3. The van der Waals surface area contributed by atoms with Gasteiger partial charge < -0.3 is 0 Å². The van der Waals surface area contributed by atoms with Crippen molar-refractivity contribution in [2.45, 2.75) is 7.43 Å². The van der Waals surface area contributed by atoms with Gasteiger partial charge in [-0.15, -0.1) is 0 Å². The molecule has 0 atom stereocenters. The Morgan fingerprint density at radius 1 is 0.889 bits per heavy atom. The predicted octanol–water partition coefficient (Wildman–Crippen LogP) is -12.0. The Labute approximate surface area is 124 Å². The van der Waals surface area contributed by atoms with Crippen LogP contribution in [0.2, 0.25) is 0 Å². The van der Waals surface area contributed by atoms with E-state index in [0.717, 1.165) is 0 Å².